The first kappa shape index (κ1) is 15.9. The fraction of sp³-hybridized carbons (Fsp3) is 0.316. The standard InChI is InChI=1S/C19H20N8/c1-2-6-20-15(5-1)11-27-9-7-21-18(27)14-4-3-8-26(10-14)19-16-17(23-12-22-16)24-13-25-19/h1-2,5-7,9,12-14H,3-4,8,10-11H2,(H,22,23,24,25)/t14-/m0/s1. The van der Waals surface area contributed by atoms with Crippen LogP contribution >= 0.6 is 0 Å². The topological polar surface area (TPSA) is 88.4 Å². The van der Waals surface area contributed by atoms with E-state index in [0.29, 0.717) is 11.6 Å². The van der Waals surface area contributed by atoms with Crippen LogP contribution in [0.2, 0.25) is 0 Å². The van der Waals surface area contributed by atoms with Gasteiger partial charge in [0.2, 0.25) is 0 Å². The molecule has 8 heteroatoms. The molecule has 1 aliphatic heterocycles. The molecule has 4 aromatic heterocycles. The number of imidazole rings is 2. The molecule has 0 radical (unpaired) electrons. The van der Waals surface area contributed by atoms with Crippen molar-refractivity contribution in [3.63, 3.8) is 0 Å². The predicted octanol–water partition coefficient (Wildman–Crippen LogP) is 2.38. The number of aromatic nitrogens is 7. The second-order valence-electron chi connectivity index (χ2n) is 6.82. The third kappa shape index (κ3) is 3.03. The van der Waals surface area contributed by atoms with Crippen molar-refractivity contribution in [3.8, 4) is 0 Å². The van der Waals surface area contributed by atoms with E-state index >= 15 is 0 Å². The molecule has 0 aromatic carbocycles. The molecule has 0 amide bonds. The molecule has 4 aromatic rings. The van der Waals surface area contributed by atoms with E-state index in [9.17, 15) is 0 Å². The molecule has 0 unspecified atom stereocenters. The van der Waals surface area contributed by atoms with Crippen molar-refractivity contribution in [1.29, 1.82) is 0 Å². The van der Waals surface area contributed by atoms with Gasteiger partial charge in [0.05, 0.1) is 18.6 Å². The third-order valence-corrected chi connectivity index (χ3v) is 5.10. The Morgan fingerprint density at radius 2 is 2.07 bits per heavy atom. The highest BCUT2D eigenvalue weighted by Crippen LogP contribution is 2.30. The number of fused-ring (bicyclic) bond motifs is 1. The van der Waals surface area contributed by atoms with E-state index in [2.05, 4.69) is 39.4 Å². The lowest BCUT2D eigenvalue weighted by molar-refractivity contribution is 0.474. The van der Waals surface area contributed by atoms with Crippen LogP contribution in [0.25, 0.3) is 11.2 Å². The summed E-state index contributed by atoms with van der Waals surface area (Å²) in [6, 6.07) is 6.01. The first-order chi connectivity index (χ1) is 13.4. The summed E-state index contributed by atoms with van der Waals surface area (Å²) >= 11 is 0. The Bertz CT molecular complexity index is 1040. The Morgan fingerprint density at radius 1 is 1.07 bits per heavy atom. The number of hydrogen-bond acceptors (Lipinski definition) is 6. The number of hydrogen-bond donors (Lipinski definition) is 1. The second-order valence-corrected chi connectivity index (χ2v) is 6.82. The zero-order chi connectivity index (χ0) is 18.1. The van der Waals surface area contributed by atoms with Crippen molar-refractivity contribution in [2.75, 3.05) is 18.0 Å². The van der Waals surface area contributed by atoms with Crippen molar-refractivity contribution in [1.82, 2.24) is 34.5 Å². The molecule has 5 rings (SSSR count). The van der Waals surface area contributed by atoms with E-state index in [0.717, 1.165) is 55.3 Å². The molecule has 0 aliphatic carbocycles. The number of piperidine rings is 1. The molecule has 0 bridgehead atoms. The minimum atomic E-state index is 0.352. The van der Waals surface area contributed by atoms with Crippen LogP contribution in [0.3, 0.4) is 0 Å². The lowest BCUT2D eigenvalue weighted by Gasteiger charge is -2.33. The maximum Gasteiger partial charge on any atom is 0.182 e. The van der Waals surface area contributed by atoms with Gasteiger partial charge in [-0.2, -0.15) is 0 Å². The molecule has 8 nitrogen and oxygen atoms in total. The van der Waals surface area contributed by atoms with Crippen molar-refractivity contribution in [2.24, 2.45) is 0 Å². The summed E-state index contributed by atoms with van der Waals surface area (Å²) in [5, 5.41) is 0. The van der Waals surface area contributed by atoms with Crippen molar-refractivity contribution < 1.29 is 0 Å². The van der Waals surface area contributed by atoms with Gasteiger partial charge in [-0.3, -0.25) is 4.98 Å². The molecular weight excluding hydrogens is 340 g/mol. The summed E-state index contributed by atoms with van der Waals surface area (Å²) in [6.07, 6.45) is 11.2. The minimum Gasteiger partial charge on any atom is -0.354 e. The summed E-state index contributed by atoms with van der Waals surface area (Å²) < 4.78 is 2.21. The Morgan fingerprint density at radius 3 is 3.00 bits per heavy atom. The molecule has 1 N–H and O–H groups in total. The molecule has 1 atom stereocenters. The van der Waals surface area contributed by atoms with Gasteiger partial charge in [-0.05, 0) is 25.0 Å². The monoisotopic (exact) mass is 360 g/mol. The third-order valence-electron chi connectivity index (χ3n) is 5.10. The van der Waals surface area contributed by atoms with Gasteiger partial charge in [0, 0.05) is 37.6 Å². The Labute approximate surface area is 156 Å². The number of rotatable bonds is 4. The number of aromatic amines is 1. The molecule has 136 valence electrons. The second kappa shape index (κ2) is 6.79. The van der Waals surface area contributed by atoms with E-state index < -0.39 is 0 Å². The number of nitrogens with one attached hydrogen (secondary N) is 1. The zero-order valence-corrected chi connectivity index (χ0v) is 14.9. The summed E-state index contributed by atoms with van der Waals surface area (Å²) in [4.78, 5) is 27.6. The maximum atomic E-state index is 4.67. The molecule has 5 heterocycles. The van der Waals surface area contributed by atoms with Crippen LogP contribution in [0, 0.1) is 0 Å². The summed E-state index contributed by atoms with van der Waals surface area (Å²) in [6.45, 7) is 2.60. The Hall–Kier alpha value is -3.29. The zero-order valence-electron chi connectivity index (χ0n) is 14.9. The van der Waals surface area contributed by atoms with Gasteiger partial charge >= 0.3 is 0 Å². The van der Waals surface area contributed by atoms with E-state index in [-0.39, 0.29) is 0 Å². The van der Waals surface area contributed by atoms with Crippen LogP contribution in [0.4, 0.5) is 5.82 Å². The first-order valence-corrected chi connectivity index (χ1v) is 9.18. The highest BCUT2D eigenvalue weighted by Gasteiger charge is 2.27. The highest BCUT2D eigenvalue weighted by atomic mass is 15.2. The summed E-state index contributed by atoms with van der Waals surface area (Å²) in [7, 11) is 0. The molecule has 1 aliphatic rings. The van der Waals surface area contributed by atoms with E-state index in [1.54, 1.807) is 12.7 Å². The Kier molecular flexibility index (Phi) is 4.00. The maximum absolute atomic E-state index is 4.67. The highest BCUT2D eigenvalue weighted by molar-refractivity contribution is 5.82. The van der Waals surface area contributed by atoms with Crippen LogP contribution in [0.5, 0.6) is 0 Å². The molecule has 27 heavy (non-hydrogen) atoms. The van der Waals surface area contributed by atoms with Crippen molar-refractivity contribution >= 4 is 17.0 Å². The quantitative estimate of drug-likeness (QED) is 0.601. The van der Waals surface area contributed by atoms with Crippen LogP contribution in [0.15, 0.2) is 49.4 Å². The van der Waals surface area contributed by atoms with Gasteiger partial charge in [-0.25, -0.2) is 19.9 Å². The SMILES string of the molecule is c1ccc(Cn2ccnc2[C@H]2CCCN(c3ncnc4nc[nH]c34)C2)nc1. The molecule has 0 saturated carbocycles. The smallest absolute Gasteiger partial charge is 0.182 e. The molecule has 1 fully saturated rings. The molecular formula is C19H20N8. The van der Waals surface area contributed by atoms with Gasteiger partial charge in [0.1, 0.15) is 17.7 Å². The lowest BCUT2D eigenvalue weighted by Crippen LogP contribution is -2.36. The van der Waals surface area contributed by atoms with Gasteiger partial charge in [0.15, 0.2) is 11.5 Å². The summed E-state index contributed by atoms with van der Waals surface area (Å²) in [5.74, 6) is 2.38. The van der Waals surface area contributed by atoms with E-state index in [1.165, 1.54) is 0 Å². The van der Waals surface area contributed by atoms with Crippen LogP contribution in [-0.2, 0) is 6.54 Å². The molecule has 1 saturated heterocycles. The largest absolute Gasteiger partial charge is 0.354 e. The van der Waals surface area contributed by atoms with E-state index in [1.807, 2.05) is 36.8 Å². The van der Waals surface area contributed by atoms with Crippen LogP contribution < -0.4 is 4.90 Å². The van der Waals surface area contributed by atoms with Crippen LogP contribution in [0.1, 0.15) is 30.3 Å². The van der Waals surface area contributed by atoms with Crippen molar-refractivity contribution in [3.05, 3.63) is 61.0 Å². The molecule has 0 spiro atoms. The number of anilines is 1. The fourth-order valence-electron chi connectivity index (χ4n) is 3.85. The predicted molar refractivity (Wildman–Crippen MR) is 101 cm³/mol. The number of H-pyrrole nitrogens is 1. The van der Waals surface area contributed by atoms with E-state index in [4.69, 9.17) is 0 Å². The van der Waals surface area contributed by atoms with Gasteiger partial charge in [-0.1, -0.05) is 6.07 Å². The van der Waals surface area contributed by atoms with Gasteiger partial charge in [-0.15, -0.1) is 0 Å². The van der Waals surface area contributed by atoms with Crippen molar-refractivity contribution in [2.45, 2.75) is 25.3 Å². The van der Waals surface area contributed by atoms with Gasteiger partial charge < -0.3 is 14.5 Å². The number of nitrogens with zero attached hydrogens (tertiary/aromatic N) is 7. The Balaban J connectivity index is 1.41. The minimum absolute atomic E-state index is 0.352. The average Bonchev–Trinajstić information content (AvgIpc) is 3.38. The van der Waals surface area contributed by atoms with Crippen LogP contribution in [-0.4, -0.2) is 47.6 Å². The summed E-state index contributed by atoms with van der Waals surface area (Å²) in [5.41, 5.74) is 2.65. The average molecular weight is 360 g/mol. The first-order valence-electron chi connectivity index (χ1n) is 9.18. The lowest BCUT2D eigenvalue weighted by atomic mass is 9.97. The number of pyridine rings is 1. The normalized spacial score (nSPS) is 17.5. The fourth-order valence-corrected chi connectivity index (χ4v) is 3.85. The van der Waals surface area contributed by atoms with Gasteiger partial charge in [0.25, 0.3) is 0 Å².